The van der Waals surface area contributed by atoms with Crippen LogP contribution in [0.5, 0.6) is 0 Å². The predicted molar refractivity (Wildman–Crippen MR) is 55.8 cm³/mol. The van der Waals surface area contributed by atoms with Gasteiger partial charge in [0.05, 0.1) is 0 Å². The van der Waals surface area contributed by atoms with Crippen LogP contribution in [0.3, 0.4) is 0 Å². The van der Waals surface area contributed by atoms with Crippen LogP contribution in [0, 0.1) is 5.92 Å². The molecule has 2 aliphatic rings. The number of nitrogens with one attached hydrogen (secondary N) is 1. The smallest absolute Gasteiger partial charge is 0.00708 e. The molecule has 0 aromatic rings. The molecule has 1 saturated heterocycles. The fourth-order valence-corrected chi connectivity index (χ4v) is 2.29. The Morgan fingerprint density at radius 1 is 1.15 bits per heavy atom. The third kappa shape index (κ3) is 2.68. The average molecular weight is 182 g/mol. The topological polar surface area (TPSA) is 15.3 Å². The number of piperidine rings is 1. The van der Waals surface area contributed by atoms with E-state index < -0.39 is 0 Å². The number of hydrogen-bond donors (Lipinski definition) is 1. The van der Waals surface area contributed by atoms with Crippen LogP contribution in [0.2, 0.25) is 0 Å². The lowest BCUT2D eigenvalue weighted by molar-refractivity contribution is 0.189. The molecule has 76 valence electrons. The van der Waals surface area contributed by atoms with Crippen LogP contribution in [0.4, 0.5) is 0 Å². The average Bonchev–Trinajstić information content (AvgIpc) is 2.89. The zero-order chi connectivity index (χ0) is 9.26. The van der Waals surface area contributed by atoms with Crippen LogP contribution in [-0.2, 0) is 0 Å². The van der Waals surface area contributed by atoms with E-state index in [2.05, 4.69) is 24.2 Å². The molecule has 0 aromatic carbocycles. The lowest BCUT2D eigenvalue weighted by Crippen LogP contribution is -2.41. The SMILES string of the molecule is CC(NC1CC1)C1CCN(C)CC1. The minimum atomic E-state index is 0.751. The Morgan fingerprint density at radius 3 is 2.31 bits per heavy atom. The van der Waals surface area contributed by atoms with Gasteiger partial charge in [-0.05, 0) is 58.7 Å². The van der Waals surface area contributed by atoms with Gasteiger partial charge in [-0.2, -0.15) is 0 Å². The largest absolute Gasteiger partial charge is 0.311 e. The van der Waals surface area contributed by atoms with Crippen LogP contribution in [0.1, 0.15) is 32.6 Å². The van der Waals surface area contributed by atoms with E-state index in [1.54, 1.807) is 0 Å². The second-order valence-corrected chi connectivity index (χ2v) is 4.87. The first-order valence-electron chi connectivity index (χ1n) is 5.70. The molecule has 0 bridgehead atoms. The zero-order valence-electron chi connectivity index (χ0n) is 8.92. The minimum absolute atomic E-state index is 0.751. The Hall–Kier alpha value is -0.0800. The van der Waals surface area contributed by atoms with Gasteiger partial charge in [-0.15, -0.1) is 0 Å². The van der Waals surface area contributed by atoms with Crippen LogP contribution < -0.4 is 5.32 Å². The molecule has 0 aromatic heterocycles. The van der Waals surface area contributed by atoms with Crippen molar-refractivity contribution in [2.24, 2.45) is 5.92 Å². The van der Waals surface area contributed by atoms with Crippen molar-refractivity contribution in [1.29, 1.82) is 0 Å². The van der Waals surface area contributed by atoms with Gasteiger partial charge < -0.3 is 10.2 Å². The third-order valence-corrected chi connectivity index (χ3v) is 3.55. The molecule has 2 rings (SSSR count). The molecule has 1 heterocycles. The van der Waals surface area contributed by atoms with Crippen LogP contribution >= 0.6 is 0 Å². The summed E-state index contributed by atoms with van der Waals surface area (Å²) in [6.07, 6.45) is 5.60. The molecule has 0 amide bonds. The first kappa shape index (κ1) is 9.47. The van der Waals surface area contributed by atoms with Gasteiger partial charge in [0, 0.05) is 12.1 Å². The maximum Gasteiger partial charge on any atom is 0.00708 e. The van der Waals surface area contributed by atoms with Crippen molar-refractivity contribution in [1.82, 2.24) is 10.2 Å². The Kier molecular flexibility index (Phi) is 2.89. The molecule has 1 N–H and O–H groups in total. The fourth-order valence-electron chi connectivity index (χ4n) is 2.29. The highest BCUT2D eigenvalue weighted by atomic mass is 15.1. The molecular weight excluding hydrogens is 160 g/mol. The van der Waals surface area contributed by atoms with Crippen molar-refractivity contribution >= 4 is 0 Å². The van der Waals surface area contributed by atoms with Gasteiger partial charge in [-0.3, -0.25) is 0 Å². The van der Waals surface area contributed by atoms with E-state index >= 15 is 0 Å². The molecule has 2 nitrogen and oxygen atoms in total. The molecule has 1 unspecified atom stereocenters. The number of rotatable bonds is 3. The van der Waals surface area contributed by atoms with Crippen molar-refractivity contribution in [2.75, 3.05) is 20.1 Å². The highest BCUT2D eigenvalue weighted by molar-refractivity contribution is 4.87. The summed E-state index contributed by atoms with van der Waals surface area (Å²) >= 11 is 0. The quantitative estimate of drug-likeness (QED) is 0.711. The van der Waals surface area contributed by atoms with E-state index in [-0.39, 0.29) is 0 Å². The second kappa shape index (κ2) is 3.97. The summed E-state index contributed by atoms with van der Waals surface area (Å²) in [4.78, 5) is 2.44. The monoisotopic (exact) mass is 182 g/mol. The van der Waals surface area contributed by atoms with Gasteiger partial charge in [0.25, 0.3) is 0 Å². The molecule has 0 spiro atoms. The summed E-state index contributed by atoms with van der Waals surface area (Å²) in [5.41, 5.74) is 0. The van der Waals surface area contributed by atoms with E-state index in [1.165, 1.54) is 38.8 Å². The first-order valence-corrected chi connectivity index (χ1v) is 5.70. The summed E-state index contributed by atoms with van der Waals surface area (Å²) in [7, 11) is 2.23. The highest BCUT2D eigenvalue weighted by Gasteiger charge is 2.28. The molecule has 1 atom stereocenters. The summed E-state index contributed by atoms with van der Waals surface area (Å²) in [5, 5.41) is 3.72. The van der Waals surface area contributed by atoms with E-state index in [0.717, 1.165) is 18.0 Å². The molecule has 2 fully saturated rings. The van der Waals surface area contributed by atoms with Crippen molar-refractivity contribution < 1.29 is 0 Å². The maximum absolute atomic E-state index is 3.72. The zero-order valence-corrected chi connectivity index (χ0v) is 8.92. The number of hydrogen-bond acceptors (Lipinski definition) is 2. The number of likely N-dealkylation sites (tertiary alicyclic amines) is 1. The van der Waals surface area contributed by atoms with Gasteiger partial charge >= 0.3 is 0 Å². The predicted octanol–water partition coefficient (Wildman–Crippen LogP) is 1.47. The van der Waals surface area contributed by atoms with Crippen molar-refractivity contribution in [3.63, 3.8) is 0 Å². The third-order valence-electron chi connectivity index (χ3n) is 3.55. The Bertz CT molecular complexity index is 157. The van der Waals surface area contributed by atoms with Gasteiger partial charge in [0.1, 0.15) is 0 Å². The Labute approximate surface area is 81.7 Å². The van der Waals surface area contributed by atoms with Crippen molar-refractivity contribution in [3.8, 4) is 0 Å². The normalized spacial score (nSPS) is 29.1. The summed E-state index contributed by atoms with van der Waals surface area (Å²) in [6, 6.07) is 1.62. The number of nitrogens with zero attached hydrogens (tertiary/aromatic N) is 1. The highest BCUT2D eigenvalue weighted by Crippen LogP contribution is 2.24. The van der Waals surface area contributed by atoms with Crippen LogP contribution in [0.15, 0.2) is 0 Å². The molecule has 13 heavy (non-hydrogen) atoms. The van der Waals surface area contributed by atoms with E-state index in [1.807, 2.05) is 0 Å². The van der Waals surface area contributed by atoms with Crippen molar-refractivity contribution in [2.45, 2.75) is 44.7 Å². The van der Waals surface area contributed by atoms with E-state index in [4.69, 9.17) is 0 Å². The summed E-state index contributed by atoms with van der Waals surface area (Å²) < 4.78 is 0. The van der Waals surface area contributed by atoms with E-state index in [9.17, 15) is 0 Å². The lowest BCUT2D eigenvalue weighted by Gasteiger charge is -2.33. The lowest BCUT2D eigenvalue weighted by atomic mass is 9.90. The molecule has 2 heteroatoms. The van der Waals surface area contributed by atoms with Crippen LogP contribution in [0.25, 0.3) is 0 Å². The second-order valence-electron chi connectivity index (χ2n) is 4.87. The minimum Gasteiger partial charge on any atom is -0.311 e. The summed E-state index contributed by atoms with van der Waals surface area (Å²) in [5.74, 6) is 0.928. The van der Waals surface area contributed by atoms with Gasteiger partial charge in [0.15, 0.2) is 0 Å². The van der Waals surface area contributed by atoms with Gasteiger partial charge in [-0.1, -0.05) is 0 Å². The maximum atomic E-state index is 3.72. The standard InChI is InChI=1S/C11H22N2/c1-9(12-11-3-4-11)10-5-7-13(2)8-6-10/h9-12H,3-8H2,1-2H3. The first-order chi connectivity index (χ1) is 6.25. The molecule has 0 radical (unpaired) electrons. The van der Waals surface area contributed by atoms with Gasteiger partial charge in [-0.25, -0.2) is 0 Å². The van der Waals surface area contributed by atoms with Gasteiger partial charge in [0.2, 0.25) is 0 Å². The summed E-state index contributed by atoms with van der Waals surface area (Å²) in [6.45, 7) is 4.96. The Morgan fingerprint density at radius 2 is 1.77 bits per heavy atom. The van der Waals surface area contributed by atoms with E-state index in [0.29, 0.717) is 0 Å². The van der Waals surface area contributed by atoms with Crippen LogP contribution in [-0.4, -0.2) is 37.1 Å². The molecular formula is C11H22N2. The van der Waals surface area contributed by atoms with Crippen molar-refractivity contribution in [3.05, 3.63) is 0 Å². The molecule has 1 saturated carbocycles. The fraction of sp³-hybridized carbons (Fsp3) is 1.00. The Balaban J connectivity index is 1.72. The molecule has 1 aliphatic heterocycles. The molecule has 1 aliphatic carbocycles.